The zero-order valence-corrected chi connectivity index (χ0v) is 24.8. The van der Waals surface area contributed by atoms with Gasteiger partial charge in [0, 0.05) is 23.7 Å². The van der Waals surface area contributed by atoms with Crippen molar-refractivity contribution in [3.05, 3.63) is 93.5 Å². The molecule has 0 radical (unpaired) electrons. The predicted octanol–water partition coefficient (Wildman–Crippen LogP) is 4.94. The molecule has 3 aromatic rings. The number of hydrogen-bond acceptors (Lipinski definition) is 6. The number of aromatic hydroxyl groups is 1. The number of β-amino-alcohol motifs (C(OH)–C–C–N with tert-alkyl or cyclic N) is 1. The van der Waals surface area contributed by atoms with Crippen LogP contribution in [0.4, 0.5) is 18.9 Å². The van der Waals surface area contributed by atoms with Crippen LogP contribution in [-0.2, 0) is 40.4 Å². The van der Waals surface area contributed by atoms with E-state index in [2.05, 4.69) is 15.4 Å². The van der Waals surface area contributed by atoms with Gasteiger partial charge in [0.1, 0.15) is 5.75 Å². The van der Waals surface area contributed by atoms with Crippen molar-refractivity contribution in [1.82, 2.24) is 10.6 Å². The second kappa shape index (κ2) is 13.3. The second-order valence-corrected chi connectivity index (χ2v) is 12.8. The standard InChI is InChI=1S/C29H33ClF3N3O5S/c1-28(2,35-17-26(38)20-8-11-25(37)24(14-20)36-42(3,40)41)15-19-6-4-18(5-7-19)12-27(39)34-16-21-13-22(29(31,32)33)9-10-23(21)30/h4-11,13-14,26,35-38H,12,15-17H2,1-3H3,(H,34,39)/t26-/m0/s1. The van der Waals surface area contributed by atoms with Crippen LogP contribution in [0.5, 0.6) is 5.75 Å². The van der Waals surface area contributed by atoms with E-state index in [1.54, 1.807) is 12.1 Å². The SMILES string of the molecule is CC(C)(Cc1ccc(CC(=O)NCc2cc(C(F)(F)F)ccc2Cl)cc1)NC[C@H](O)c1ccc(O)c(NS(C)(=O)=O)c1. The van der Waals surface area contributed by atoms with E-state index in [4.69, 9.17) is 11.6 Å². The van der Waals surface area contributed by atoms with Gasteiger partial charge >= 0.3 is 6.18 Å². The fourth-order valence-corrected chi connectivity index (χ4v) is 4.96. The number of carbonyl (C=O) groups is 1. The molecule has 0 heterocycles. The zero-order chi connectivity index (χ0) is 31.3. The minimum atomic E-state index is -4.51. The van der Waals surface area contributed by atoms with E-state index in [1.807, 2.05) is 26.0 Å². The van der Waals surface area contributed by atoms with Gasteiger partial charge in [-0.3, -0.25) is 9.52 Å². The van der Waals surface area contributed by atoms with Gasteiger partial charge in [-0.2, -0.15) is 13.2 Å². The molecule has 0 bridgehead atoms. The van der Waals surface area contributed by atoms with Crippen LogP contribution in [0, 0.1) is 0 Å². The van der Waals surface area contributed by atoms with Gasteiger partial charge in [-0.15, -0.1) is 0 Å². The highest BCUT2D eigenvalue weighted by Gasteiger charge is 2.31. The maximum atomic E-state index is 13.0. The van der Waals surface area contributed by atoms with Crippen LogP contribution in [-0.4, -0.2) is 42.9 Å². The molecule has 3 aromatic carbocycles. The third-order valence-electron chi connectivity index (χ3n) is 6.36. The lowest BCUT2D eigenvalue weighted by atomic mass is 9.93. The van der Waals surface area contributed by atoms with E-state index in [0.29, 0.717) is 12.0 Å². The Morgan fingerprint density at radius 2 is 1.64 bits per heavy atom. The number of rotatable bonds is 12. The van der Waals surface area contributed by atoms with Crippen LogP contribution >= 0.6 is 11.6 Å². The van der Waals surface area contributed by atoms with Crippen molar-refractivity contribution in [2.45, 2.75) is 51.1 Å². The van der Waals surface area contributed by atoms with E-state index in [1.165, 1.54) is 18.2 Å². The number of sulfonamides is 1. The summed E-state index contributed by atoms with van der Waals surface area (Å²) in [4.78, 5) is 12.4. The van der Waals surface area contributed by atoms with Crippen LogP contribution in [0.25, 0.3) is 0 Å². The van der Waals surface area contributed by atoms with Crippen LogP contribution in [0.15, 0.2) is 60.7 Å². The Labute approximate surface area is 248 Å². The number of carbonyl (C=O) groups excluding carboxylic acids is 1. The summed E-state index contributed by atoms with van der Waals surface area (Å²) in [6, 6.07) is 14.5. The molecule has 1 atom stereocenters. The quantitative estimate of drug-likeness (QED) is 0.181. The van der Waals surface area contributed by atoms with Crippen molar-refractivity contribution in [1.29, 1.82) is 0 Å². The minimum absolute atomic E-state index is 0.0264. The Balaban J connectivity index is 1.52. The monoisotopic (exact) mass is 627 g/mol. The number of anilines is 1. The molecule has 8 nitrogen and oxygen atoms in total. The summed E-state index contributed by atoms with van der Waals surface area (Å²) in [5.74, 6) is -0.623. The normalized spacial score (nSPS) is 13.0. The van der Waals surface area contributed by atoms with Crippen LogP contribution in [0.3, 0.4) is 0 Å². The zero-order valence-electron chi connectivity index (χ0n) is 23.2. The fraction of sp³-hybridized carbons (Fsp3) is 0.345. The first-order chi connectivity index (χ1) is 19.4. The number of halogens is 4. The molecule has 228 valence electrons. The molecule has 5 N–H and O–H groups in total. The molecule has 0 spiro atoms. The highest BCUT2D eigenvalue weighted by molar-refractivity contribution is 7.92. The molecule has 0 aliphatic rings. The average Bonchev–Trinajstić information content (AvgIpc) is 2.87. The summed E-state index contributed by atoms with van der Waals surface area (Å²) >= 11 is 5.99. The van der Waals surface area contributed by atoms with E-state index < -0.39 is 33.4 Å². The van der Waals surface area contributed by atoms with Crippen LogP contribution in [0.1, 0.15) is 47.8 Å². The molecule has 0 fully saturated rings. The van der Waals surface area contributed by atoms with Crippen molar-refractivity contribution in [3.8, 4) is 5.75 Å². The van der Waals surface area contributed by atoms with Crippen LogP contribution < -0.4 is 15.4 Å². The van der Waals surface area contributed by atoms with Gasteiger partial charge in [-0.1, -0.05) is 41.9 Å². The van der Waals surface area contributed by atoms with E-state index in [0.717, 1.165) is 35.6 Å². The molecule has 1 amide bonds. The highest BCUT2D eigenvalue weighted by atomic mass is 35.5. The molecule has 13 heteroatoms. The molecule has 0 saturated carbocycles. The largest absolute Gasteiger partial charge is 0.506 e. The highest BCUT2D eigenvalue weighted by Crippen LogP contribution is 2.32. The molecule has 0 aliphatic carbocycles. The number of benzene rings is 3. The van der Waals surface area contributed by atoms with E-state index in [9.17, 15) is 36.6 Å². The summed E-state index contributed by atoms with van der Waals surface area (Å²) in [6.07, 6.45) is -3.91. The third kappa shape index (κ3) is 10.2. The number of nitrogens with one attached hydrogen (secondary N) is 3. The van der Waals surface area contributed by atoms with Crippen LogP contribution in [0.2, 0.25) is 5.02 Å². The number of phenols is 1. The predicted molar refractivity (Wildman–Crippen MR) is 156 cm³/mol. The number of alkyl halides is 3. The Bertz CT molecular complexity index is 1510. The Morgan fingerprint density at radius 3 is 2.26 bits per heavy atom. The first-order valence-corrected chi connectivity index (χ1v) is 15.1. The lowest BCUT2D eigenvalue weighted by Gasteiger charge is -2.28. The van der Waals surface area contributed by atoms with Gasteiger partial charge in [-0.05, 0) is 72.9 Å². The fourth-order valence-electron chi connectivity index (χ4n) is 4.21. The van der Waals surface area contributed by atoms with Gasteiger partial charge in [0.15, 0.2) is 0 Å². The molecule has 3 rings (SSSR count). The lowest BCUT2D eigenvalue weighted by Crippen LogP contribution is -2.43. The number of hydrogen-bond donors (Lipinski definition) is 5. The molecule has 42 heavy (non-hydrogen) atoms. The summed E-state index contributed by atoms with van der Waals surface area (Å²) in [6.45, 7) is 3.93. The summed E-state index contributed by atoms with van der Waals surface area (Å²) in [5.41, 5.74) is 0.960. The van der Waals surface area contributed by atoms with Gasteiger partial charge in [0.25, 0.3) is 0 Å². The molecule has 0 saturated heterocycles. The number of phenolic OH excluding ortho intramolecular Hbond substituents is 1. The third-order valence-corrected chi connectivity index (χ3v) is 7.32. The van der Waals surface area contributed by atoms with Gasteiger partial charge in [-0.25, -0.2) is 8.42 Å². The maximum Gasteiger partial charge on any atom is 0.416 e. The topological polar surface area (TPSA) is 128 Å². The van der Waals surface area contributed by atoms with Crippen molar-refractivity contribution in [2.24, 2.45) is 0 Å². The number of aliphatic hydroxyl groups is 1. The van der Waals surface area contributed by atoms with E-state index in [-0.39, 0.29) is 47.4 Å². The van der Waals surface area contributed by atoms with Gasteiger partial charge in [0.2, 0.25) is 15.9 Å². The molecular weight excluding hydrogens is 595 g/mol. The van der Waals surface area contributed by atoms with Crippen molar-refractivity contribution < 1.29 is 36.6 Å². The molecule has 0 unspecified atom stereocenters. The number of aliphatic hydroxyl groups excluding tert-OH is 1. The molecule has 0 aromatic heterocycles. The van der Waals surface area contributed by atoms with Crippen molar-refractivity contribution in [3.63, 3.8) is 0 Å². The van der Waals surface area contributed by atoms with Gasteiger partial charge in [0.05, 0.1) is 30.0 Å². The summed E-state index contributed by atoms with van der Waals surface area (Å²) < 4.78 is 64.2. The Hall–Kier alpha value is -3.32. The van der Waals surface area contributed by atoms with Gasteiger partial charge < -0.3 is 20.8 Å². The average molecular weight is 628 g/mol. The van der Waals surface area contributed by atoms with Crippen molar-refractivity contribution in [2.75, 3.05) is 17.5 Å². The number of amides is 1. The summed E-state index contributed by atoms with van der Waals surface area (Å²) in [7, 11) is -3.61. The summed E-state index contributed by atoms with van der Waals surface area (Å²) in [5, 5.41) is 26.6. The second-order valence-electron chi connectivity index (χ2n) is 10.7. The molecular formula is C29H33ClF3N3O5S. The first-order valence-electron chi connectivity index (χ1n) is 12.9. The Kier molecular flexibility index (Phi) is 10.5. The first kappa shape index (κ1) is 33.2. The maximum absolute atomic E-state index is 13.0. The molecule has 0 aliphatic heterocycles. The minimum Gasteiger partial charge on any atom is -0.506 e. The lowest BCUT2D eigenvalue weighted by molar-refractivity contribution is -0.137. The Morgan fingerprint density at radius 1 is 1.00 bits per heavy atom. The smallest absolute Gasteiger partial charge is 0.416 e. The van der Waals surface area contributed by atoms with E-state index >= 15 is 0 Å². The van der Waals surface area contributed by atoms with Crippen molar-refractivity contribution >= 4 is 33.2 Å².